The molecule has 2 heteroatoms. The van der Waals surface area contributed by atoms with E-state index in [0.717, 1.165) is 6.42 Å². The molecule has 2 bridgehead atoms. The zero-order valence-electron chi connectivity index (χ0n) is 11.5. The molecule has 0 aliphatic heterocycles. The maximum Gasteiger partial charge on any atom is 0.221 e. The summed E-state index contributed by atoms with van der Waals surface area (Å²) >= 11 is 0. The van der Waals surface area contributed by atoms with Crippen LogP contribution in [0.4, 0.5) is 0 Å². The molecule has 2 aromatic carbocycles. The maximum atomic E-state index is 12.0. The first-order chi connectivity index (χ1) is 9.64. The fraction of sp³-hybridized carbons (Fsp3) is 0.278. The molecule has 0 radical (unpaired) electrons. The molecule has 20 heavy (non-hydrogen) atoms. The van der Waals surface area contributed by atoms with Crippen molar-refractivity contribution in [1.29, 1.82) is 0 Å². The molecular formula is C18H17NO. The highest BCUT2D eigenvalue weighted by Crippen LogP contribution is 2.58. The summed E-state index contributed by atoms with van der Waals surface area (Å²) in [6.45, 7) is 2.18. The quantitative estimate of drug-likeness (QED) is 0.844. The summed E-state index contributed by atoms with van der Waals surface area (Å²) in [6, 6.07) is 17.0. The van der Waals surface area contributed by atoms with E-state index in [-0.39, 0.29) is 17.2 Å². The van der Waals surface area contributed by atoms with Crippen LogP contribution >= 0.6 is 0 Å². The lowest BCUT2D eigenvalue weighted by Crippen LogP contribution is -2.50. The lowest BCUT2D eigenvalue weighted by Gasteiger charge is -2.51. The largest absolute Gasteiger partial charge is 0.369 e. The van der Waals surface area contributed by atoms with E-state index in [1.54, 1.807) is 0 Å². The third-order valence-electron chi connectivity index (χ3n) is 5.30. The van der Waals surface area contributed by atoms with Crippen LogP contribution in [0.3, 0.4) is 0 Å². The molecule has 1 atom stereocenters. The van der Waals surface area contributed by atoms with Crippen LogP contribution < -0.4 is 5.73 Å². The Bertz CT molecular complexity index is 671. The zero-order valence-corrected chi connectivity index (χ0v) is 11.5. The highest BCUT2D eigenvalue weighted by molar-refractivity contribution is 5.82. The second kappa shape index (κ2) is 3.72. The van der Waals surface area contributed by atoms with E-state index >= 15 is 0 Å². The summed E-state index contributed by atoms with van der Waals surface area (Å²) in [5.41, 5.74) is 10.7. The maximum absolute atomic E-state index is 12.0. The van der Waals surface area contributed by atoms with Gasteiger partial charge in [-0.2, -0.15) is 0 Å². The minimum atomic E-state index is -0.284. The first-order valence-electron chi connectivity index (χ1n) is 7.12. The molecule has 0 aromatic heterocycles. The number of carbonyl (C=O) groups is 1. The van der Waals surface area contributed by atoms with Gasteiger partial charge in [0.25, 0.3) is 0 Å². The van der Waals surface area contributed by atoms with Crippen LogP contribution in [0.2, 0.25) is 0 Å². The minimum Gasteiger partial charge on any atom is -0.369 e. The Morgan fingerprint density at radius 3 is 2.05 bits per heavy atom. The van der Waals surface area contributed by atoms with Crippen LogP contribution in [0, 0.1) is 5.92 Å². The fourth-order valence-corrected chi connectivity index (χ4v) is 4.36. The average molecular weight is 263 g/mol. The number of nitrogens with two attached hydrogens (primary N) is 1. The van der Waals surface area contributed by atoms with Crippen LogP contribution in [-0.2, 0) is 10.2 Å². The van der Waals surface area contributed by atoms with Gasteiger partial charge in [-0.05, 0) is 28.7 Å². The van der Waals surface area contributed by atoms with Gasteiger partial charge in [-0.3, -0.25) is 4.79 Å². The highest BCUT2D eigenvalue weighted by Gasteiger charge is 2.53. The Balaban J connectivity index is 2.09. The Hall–Kier alpha value is -2.09. The van der Waals surface area contributed by atoms with E-state index in [0.29, 0.717) is 5.92 Å². The smallest absolute Gasteiger partial charge is 0.221 e. The van der Waals surface area contributed by atoms with E-state index in [9.17, 15) is 4.79 Å². The molecule has 5 rings (SSSR count). The second-order valence-corrected chi connectivity index (χ2v) is 6.12. The number of hydrogen-bond acceptors (Lipinski definition) is 1. The third-order valence-corrected chi connectivity index (χ3v) is 5.30. The van der Waals surface area contributed by atoms with Crippen LogP contribution in [0.5, 0.6) is 0 Å². The molecule has 1 amide bonds. The van der Waals surface area contributed by atoms with Crippen LogP contribution in [-0.4, -0.2) is 5.91 Å². The first-order valence-corrected chi connectivity index (χ1v) is 7.12. The van der Waals surface area contributed by atoms with Crippen LogP contribution in [0.15, 0.2) is 48.5 Å². The summed E-state index contributed by atoms with van der Waals surface area (Å²) in [5, 5.41) is 0. The van der Waals surface area contributed by atoms with Gasteiger partial charge in [-0.25, -0.2) is 0 Å². The number of carbonyl (C=O) groups excluding carboxylic acids is 1. The number of benzene rings is 2. The number of hydrogen-bond donors (Lipinski definition) is 1. The van der Waals surface area contributed by atoms with Crippen molar-refractivity contribution < 1.29 is 4.79 Å². The van der Waals surface area contributed by atoms with Gasteiger partial charge in [0, 0.05) is 11.3 Å². The summed E-state index contributed by atoms with van der Waals surface area (Å²) in [7, 11) is 0. The predicted octanol–water partition coefficient (Wildman–Crippen LogP) is 2.94. The number of primary amides is 1. The molecule has 2 nitrogen and oxygen atoms in total. The van der Waals surface area contributed by atoms with Crippen molar-refractivity contribution in [2.45, 2.75) is 24.7 Å². The molecule has 100 valence electrons. The van der Waals surface area contributed by atoms with Gasteiger partial charge >= 0.3 is 0 Å². The summed E-state index contributed by atoms with van der Waals surface area (Å²) in [4.78, 5) is 12.0. The molecule has 3 aliphatic carbocycles. The average Bonchev–Trinajstić information content (AvgIpc) is 2.48. The van der Waals surface area contributed by atoms with Crippen molar-refractivity contribution in [2.75, 3.05) is 0 Å². The Morgan fingerprint density at radius 2 is 1.55 bits per heavy atom. The van der Waals surface area contributed by atoms with Gasteiger partial charge in [0.05, 0.1) is 5.92 Å². The summed E-state index contributed by atoms with van der Waals surface area (Å²) in [5.74, 6) is 0.0144. The van der Waals surface area contributed by atoms with Crippen LogP contribution in [0.1, 0.15) is 41.5 Å². The van der Waals surface area contributed by atoms with E-state index in [4.69, 9.17) is 5.73 Å². The molecule has 0 saturated heterocycles. The molecule has 2 N–H and O–H groups in total. The van der Waals surface area contributed by atoms with Gasteiger partial charge < -0.3 is 5.73 Å². The van der Waals surface area contributed by atoms with Crippen molar-refractivity contribution >= 4 is 5.91 Å². The summed E-state index contributed by atoms with van der Waals surface area (Å²) in [6.07, 6.45) is 0.833. The van der Waals surface area contributed by atoms with Gasteiger partial charge in [-0.1, -0.05) is 55.5 Å². The SMILES string of the molecule is CC12c3ccccc3C(CC1C(N)=O)c1ccccc12. The number of fused-ring (bicyclic) bond motifs is 1. The Morgan fingerprint density at radius 1 is 1.05 bits per heavy atom. The first kappa shape index (κ1) is 11.7. The third kappa shape index (κ3) is 1.22. The monoisotopic (exact) mass is 263 g/mol. The van der Waals surface area contributed by atoms with Gasteiger partial charge in [0.1, 0.15) is 0 Å². The normalized spacial score (nSPS) is 29.6. The van der Waals surface area contributed by atoms with E-state index in [1.165, 1.54) is 22.3 Å². The lowest BCUT2D eigenvalue weighted by molar-refractivity contribution is -0.124. The predicted molar refractivity (Wildman–Crippen MR) is 78.5 cm³/mol. The molecular weight excluding hydrogens is 246 g/mol. The molecule has 0 saturated carbocycles. The minimum absolute atomic E-state index is 0.114. The Kier molecular flexibility index (Phi) is 2.18. The molecule has 3 aliphatic rings. The van der Waals surface area contributed by atoms with E-state index in [1.807, 2.05) is 0 Å². The molecule has 0 spiro atoms. The molecule has 1 unspecified atom stereocenters. The van der Waals surface area contributed by atoms with Crippen molar-refractivity contribution in [3.8, 4) is 0 Å². The van der Waals surface area contributed by atoms with Crippen molar-refractivity contribution in [3.63, 3.8) is 0 Å². The second-order valence-electron chi connectivity index (χ2n) is 6.12. The van der Waals surface area contributed by atoms with E-state index in [2.05, 4.69) is 55.5 Å². The zero-order chi connectivity index (χ0) is 13.9. The van der Waals surface area contributed by atoms with Crippen molar-refractivity contribution in [3.05, 3.63) is 70.8 Å². The molecule has 0 heterocycles. The molecule has 0 fully saturated rings. The van der Waals surface area contributed by atoms with Crippen molar-refractivity contribution in [2.24, 2.45) is 11.7 Å². The van der Waals surface area contributed by atoms with Gasteiger partial charge in [0.2, 0.25) is 5.91 Å². The van der Waals surface area contributed by atoms with Crippen LogP contribution in [0.25, 0.3) is 0 Å². The van der Waals surface area contributed by atoms with Gasteiger partial charge in [0.15, 0.2) is 0 Å². The van der Waals surface area contributed by atoms with Crippen molar-refractivity contribution in [1.82, 2.24) is 0 Å². The molecule has 2 aromatic rings. The van der Waals surface area contributed by atoms with Gasteiger partial charge in [-0.15, -0.1) is 0 Å². The number of amides is 1. The summed E-state index contributed by atoms with van der Waals surface area (Å²) < 4.78 is 0. The number of rotatable bonds is 1. The lowest BCUT2D eigenvalue weighted by atomic mass is 9.51. The highest BCUT2D eigenvalue weighted by atomic mass is 16.1. The Labute approximate surface area is 118 Å². The fourth-order valence-electron chi connectivity index (χ4n) is 4.36. The topological polar surface area (TPSA) is 43.1 Å². The van der Waals surface area contributed by atoms with E-state index < -0.39 is 0 Å². The standard InChI is InChI=1S/C18H17NO/c1-18-14-8-4-2-6-11(14)13(10-16(18)17(19)20)12-7-3-5-9-15(12)18/h2-9,13,16H,10H2,1H3,(H2,19,20).